The molecule has 0 bridgehead atoms. The third kappa shape index (κ3) is 3.62. The molecule has 1 aliphatic carbocycles. The summed E-state index contributed by atoms with van der Waals surface area (Å²) in [6.45, 7) is 3.76. The summed E-state index contributed by atoms with van der Waals surface area (Å²) in [6, 6.07) is 16.3. The fourth-order valence-corrected chi connectivity index (χ4v) is 3.34. The molecule has 5 heteroatoms. The molecule has 138 valence electrons. The SMILES string of the molecule is CCCN=c1cc2oc3cc(NCCCCl)ccc3nc-2c2ccccc12. The van der Waals surface area contributed by atoms with Crippen molar-refractivity contribution < 1.29 is 4.42 Å². The van der Waals surface area contributed by atoms with E-state index in [0.29, 0.717) is 5.88 Å². The quantitative estimate of drug-likeness (QED) is 0.210. The van der Waals surface area contributed by atoms with E-state index < -0.39 is 0 Å². The molecule has 0 unspecified atom stereocenters. The van der Waals surface area contributed by atoms with Crippen LogP contribution in [0.2, 0.25) is 0 Å². The lowest BCUT2D eigenvalue weighted by Gasteiger charge is -2.12. The standard InChI is InChI=1S/C22H22ClN3O/c1-2-11-25-19-14-21-22(17-7-4-3-6-16(17)19)26-18-9-8-15(13-20(18)27-21)24-12-5-10-23/h3-4,6-9,13-14,24H,2,5,10-12H2,1H3. The van der Waals surface area contributed by atoms with Gasteiger partial charge in [-0.2, -0.15) is 0 Å². The van der Waals surface area contributed by atoms with Crippen molar-refractivity contribution in [3.63, 3.8) is 0 Å². The Labute approximate surface area is 163 Å². The minimum Gasteiger partial charge on any atom is -0.453 e. The molecule has 1 heterocycles. The summed E-state index contributed by atoms with van der Waals surface area (Å²) in [4.78, 5) is 9.62. The van der Waals surface area contributed by atoms with Crippen LogP contribution in [-0.2, 0) is 0 Å². The average Bonchev–Trinajstić information content (AvgIpc) is 2.71. The zero-order valence-corrected chi connectivity index (χ0v) is 16.1. The molecule has 0 fully saturated rings. The summed E-state index contributed by atoms with van der Waals surface area (Å²) in [5.41, 5.74) is 3.48. The predicted octanol–water partition coefficient (Wildman–Crippen LogP) is 5.44. The second-order valence-corrected chi connectivity index (χ2v) is 6.91. The summed E-state index contributed by atoms with van der Waals surface area (Å²) in [6.07, 6.45) is 1.93. The van der Waals surface area contributed by atoms with Crippen LogP contribution in [0.5, 0.6) is 0 Å². The molecule has 4 nitrogen and oxygen atoms in total. The van der Waals surface area contributed by atoms with Crippen LogP contribution >= 0.6 is 11.6 Å². The number of rotatable bonds is 6. The van der Waals surface area contributed by atoms with Gasteiger partial charge in [-0.25, -0.2) is 4.98 Å². The van der Waals surface area contributed by atoms with Gasteiger partial charge in [0, 0.05) is 47.6 Å². The molecule has 0 spiro atoms. The van der Waals surface area contributed by atoms with Crippen molar-refractivity contribution in [2.24, 2.45) is 4.99 Å². The van der Waals surface area contributed by atoms with Gasteiger partial charge in [-0.15, -0.1) is 11.6 Å². The molecular formula is C22H22ClN3O. The number of hydrogen-bond acceptors (Lipinski definition) is 4. The van der Waals surface area contributed by atoms with Crippen molar-refractivity contribution in [1.82, 2.24) is 4.98 Å². The van der Waals surface area contributed by atoms with Crippen molar-refractivity contribution in [3.05, 3.63) is 53.9 Å². The predicted molar refractivity (Wildman–Crippen MR) is 113 cm³/mol. The van der Waals surface area contributed by atoms with Gasteiger partial charge in [0.05, 0.1) is 5.36 Å². The molecule has 0 atom stereocenters. The highest BCUT2D eigenvalue weighted by molar-refractivity contribution is 6.17. The highest BCUT2D eigenvalue weighted by Crippen LogP contribution is 2.31. The van der Waals surface area contributed by atoms with E-state index in [2.05, 4.69) is 24.4 Å². The Kier molecular flexibility index (Phi) is 5.26. The van der Waals surface area contributed by atoms with E-state index in [0.717, 1.165) is 70.3 Å². The van der Waals surface area contributed by atoms with E-state index in [1.165, 1.54) is 0 Å². The molecule has 1 aliphatic heterocycles. The van der Waals surface area contributed by atoms with Crippen molar-refractivity contribution in [1.29, 1.82) is 0 Å². The van der Waals surface area contributed by atoms with Gasteiger partial charge in [0.15, 0.2) is 11.3 Å². The number of benzene rings is 3. The van der Waals surface area contributed by atoms with Crippen LogP contribution in [-0.4, -0.2) is 24.0 Å². The van der Waals surface area contributed by atoms with E-state index in [4.69, 9.17) is 26.0 Å². The lowest BCUT2D eigenvalue weighted by Crippen LogP contribution is -2.07. The first-order valence-electron chi connectivity index (χ1n) is 9.37. The van der Waals surface area contributed by atoms with Gasteiger partial charge in [0.25, 0.3) is 0 Å². The number of alkyl halides is 1. The monoisotopic (exact) mass is 379 g/mol. The highest BCUT2D eigenvalue weighted by Gasteiger charge is 2.14. The van der Waals surface area contributed by atoms with E-state index in [-0.39, 0.29) is 0 Å². The van der Waals surface area contributed by atoms with Crippen molar-refractivity contribution in [2.75, 3.05) is 24.3 Å². The summed E-state index contributed by atoms with van der Waals surface area (Å²) >= 11 is 5.75. The van der Waals surface area contributed by atoms with Gasteiger partial charge in [-0.1, -0.05) is 31.2 Å². The number of halogens is 1. The van der Waals surface area contributed by atoms with E-state index in [9.17, 15) is 0 Å². The molecule has 0 amide bonds. The fraction of sp³-hybridized carbons (Fsp3) is 0.273. The second kappa shape index (κ2) is 7.97. The Bertz CT molecular complexity index is 1120. The number of nitrogens with one attached hydrogen (secondary N) is 1. The minimum atomic E-state index is 0.647. The maximum Gasteiger partial charge on any atom is 0.155 e. The Morgan fingerprint density at radius 3 is 2.78 bits per heavy atom. The lowest BCUT2D eigenvalue weighted by molar-refractivity contribution is 0.613. The summed E-state index contributed by atoms with van der Waals surface area (Å²) in [7, 11) is 0. The number of aromatic nitrogens is 1. The van der Waals surface area contributed by atoms with Crippen LogP contribution in [0.1, 0.15) is 19.8 Å². The van der Waals surface area contributed by atoms with Gasteiger partial charge < -0.3 is 9.73 Å². The van der Waals surface area contributed by atoms with Gasteiger partial charge in [0.1, 0.15) is 11.2 Å². The number of hydrogen-bond donors (Lipinski definition) is 1. The summed E-state index contributed by atoms with van der Waals surface area (Å²) in [5, 5.41) is 6.50. The van der Waals surface area contributed by atoms with Crippen LogP contribution in [0.25, 0.3) is 33.3 Å². The first kappa shape index (κ1) is 17.8. The van der Waals surface area contributed by atoms with Crippen molar-refractivity contribution in [3.8, 4) is 11.5 Å². The highest BCUT2D eigenvalue weighted by atomic mass is 35.5. The lowest BCUT2D eigenvalue weighted by atomic mass is 10.0. The topological polar surface area (TPSA) is 50.4 Å². The normalized spacial score (nSPS) is 12.3. The molecular weight excluding hydrogens is 358 g/mol. The van der Waals surface area contributed by atoms with Crippen molar-refractivity contribution >= 4 is 39.2 Å². The van der Waals surface area contributed by atoms with Crippen LogP contribution in [0.3, 0.4) is 0 Å². The zero-order valence-electron chi connectivity index (χ0n) is 15.3. The van der Waals surface area contributed by atoms with Crippen LogP contribution in [0.15, 0.2) is 57.9 Å². The average molecular weight is 380 g/mol. The molecule has 2 aromatic carbocycles. The van der Waals surface area contributed by atoms with Gasteiger partial charge in [-0.05, 0) is 25.0 Å². The molecule has 0 saturated carbocycles. The summed E-state index contributed by atoms with van der Waals surface area (Å²) < 4.78 is 6.23. The first-order chi connectivity index (χ1) is 13.3. The molecule has 2 aromatic rings. The maximum atomic E-state index is 6.23. The van der Waals surface area contributed by atoms with Crippen LogP contribution < -0.4 is 10.7 Å². The van der Waals surface area contributed by atoms with Gasteiger partial charge >= 0.3 is 0 Å². The molecule has 0 aromatic heterocycles. The molecule has 27 heavy (non-hydrogen) atoms. The van der Waals surface area contributed by atoms with Gasteiger partial charge in [0.2, 0.25) is 0 Å². The van der Waals surface area contributed by atoms with Crippen LogP contribution in [0.4, 0.5) is 5.69 Å². The maximum absolute atomic E-state index is 6.23. The fourth-order valence-electron chi connectivity index (χ4n) is 3.21. The van der Waals surface area contributed by atoms with Crippen molar-refractivity contribution in [2.45, 2.75) is 19.8 Å². The van der Waals surface area contributed by atoms with E-state index in [1.807, 2.05) is 36.4 Å². The number of anilines is 1. The zero-order chi connectivity index (χ0) is 18.6. The molecule has 4 rings (SSSR count). The number of fused-ring (bicyclic) bond motifs is 4. The minimum absolute atomic E-state index is 0.647. The third-order valence-electron chi connectivity index (χ3n) is 4.52. The van der Waals surface area contributed by atoms with E-state index >= 15 is 0 Å². The second-order valence-electron chi connectivity index (χ2n) is 6.54. The Balaban J connectivity index is 1.90. The third-order valence-corrected chi connectivity index (χ3v) is 4.78. The number of nitrogens with zero attached hydrogens (tertiary/aromatic N) is 2. The Morgan fingerprint density at radius 2 is 1.96 bits per heavy atom. The molecule has 1 N–H and O–H groups in total. The van der Waals surface area contributed by atoms with E-state index in [1.54, 1.807) is 0 Å². The molecule has 2 aliphatic rings. The smallest absolute Gasteiger partial charge is 0.155 e. The van der Waals surface area contributed by atoms with Crippen LogP contribution in [0, 0.1) is 0 Å². The largest absolute Gasteiger partial charge is 0.453 e. The van der Waals surface area contributed by atoms with Gasteiger partial charge in [-0.3, -0.25) is 4.99 Å². The summed E-state index contributed by atoms with van der Waals surface area (Å²) in [5.74, 6) is 1.41. The Morgan fingerprint density at radius 1 is 1.11 bits per heavy atom. The molecule has 0 radical (unpaired) electrons. The Hall–Kier alpha value is -2.59. The first-order valence-corrected chi connectivity index (χ1v) is 9.90. The molecule has 0 saturated heterocycles.